The van der Waals surface area contributed by atoms with Crippen molar-refractivity contribution in [2.75, 3.05) is 13.1 Å². The molecule has 2 rings (SSSR count). The summed E-state index contributed by atoms with van der Waals surface area (Å²) in [6.45, 7) is 0.854. The molecule has 2 aliphatic carbocycles. The first-order valence-electron chi connectivity index (χ1n) is 11.1. The molecule has 0 heterocycles. The van der Waals surface area contributed by atoms with Gasteiger partial charge in [0.1, 0.15) is 0 Å². The maximum Gasteiger partial charge on any atom is 0.315 e. The van der Waals surface area contributed by atoms with Crippen LogP contribution in [0.15, 0.2) is 0 Å². The van der Waals surface area contributed by atoms with Crippen molar-refractivity contribution in [2.45, 2.75) is 95.9 Å². The summed E-state index contributed by atoms with van der Waals surface area (Å²) in [6.07, 6.45) is 12.9. The van der Waals surface area contributed by atoms with Crippen molar-refractivity contribution in [3.05, 3.63) is 0 Å². The fourth-order valence-electron chi connectivity index (χ4n) is 4.32. The Morgan fingerprint density at radius 1 is 0.857 bits per heavy atom. The minimum Gasteiger partial charge on any atom is -0.481 e. The fourth-order valence-corrected chi connectivity index (χ4v) is 4.32. The quantitative estimate of drug-likeness (QED) is 0.426. The van der Waals surface area contributed by atoms with Crippen molar-refractivity contribution in [3.8, 4) is 0 Å². The second kappa shape index (κ2) is 11.9. The highest BCUT2D eigenvalue weighted by Gasteiger charge is 2.39. The molecule has 0 aromatic rings. The Kier molecular flexibility index (Phi) is 9.58. The molecule has 0 aromatic heterocycles. The Morgan fingerprint density at radius 2 is 1.54 bits per heavy atom. The Morgan fingerprint density at radius 3 is 2.21 bits per heavy atom. The summed E-state index contributed by atoms with van der Waals surface area (Å²) in [5, 5.41) is 18.3. The van der Waals surface area contributed by atoms with Crippen LogP contribution in [0.5, 0.6) is 0 Å². The standard InChI is InChI=1S/C21H37N3O4/c25-18(23-16-21(19(26)27)13-7-3-8-14-21)12-6-2-9-15-22-20(28)24-17-10-4-1-5-11-17/h17H,1-16H2,(H,23,25)(H,26,27)(H2,22,24,28). The lowest BCUT2D eigenvalue weighted by Crippen LogP contribution is -2.44. The maximum atomic E-state index is 12.0. The molecule has 4 N–H and O–H groups in total. The van der Waals surface area contributed by atoms with E-state index in [4.69, 9.17) is 0 Å². The lowest BCUT2D eigenvalue weighted by atomic mass is 9.74. The highest BCUT2D eigenvalue weighted by atomic mass is 16.4. The van der Waals surface area contributed by atoms with Gasteiger partial charge in [0.05, 0.1) is 5.41 Å². The first-order chi connectivity index (χ1) is 13.5. The molecule has 0 bridgehead atoms. The van der Waals surface area contributed by atoms with Crippen molar-refractivity contribution in [1.29, 1.82) is 0 Å². The molecular formula is C21H37N3O4. The van der Waals surface area contributed by atoms with Gasteiger partial charge < -0.3 is 21.1 Å². The summed E-state index contributed by atoms with van der Waals surface area (Å²) in [5.41, 5.74) is -0.774. The number of aliphatic carboxylic acids is 1. The third-order valence-corrected chi connectivity index (χ3v) is 6.19. The largest absolute Gasteiger partial charge is 0.481 e. The number of nitrogens with one attached hydrogen (secondary N) is 3. The van der Waals surface area contributed by atoms with Gasteiger partial charge in [0.2, 0.25) is 5.91 Å². The van der Waals surface area contributed by atoms with E-state index in [1.54, 1.807) is 0 Å². The van der Waals surface area contributed by atoms with Gasteiger partial charge in [-0.1, -0.05) is 44.9 Å². The van der Waals surface area contributed by atoms with E-state index in [-0.39, 0.29) is 18.5 Å². The van der Waals surface area contributed by atoms with E-state index in [0.29, 0.717) is 31.8 Å². The van der Waals surface area contributed by atoms with Crippen molar-refractivity contribution >= 4 is 17.9 Å². The van der Waals surface area contributed by atoms with Crippen molar-refractivity contribution in [1.82, 2.24) is 16.0 Å². The zero-order chi connectivity index (χ0) is 20.2. The van der Waals surface area contributed by atoms with E-state index in [9.17, 15) is 19.5 Å². The number of rotatable bonds is 10. The molecule has 0 unspecified atom stereocenters. The van der Waals surface area contributed by atoms with E-state index < -0.39 is 11.4 Å². The Hall–Kier alpha value is -1.79. The van der Waals surface area contributed by atoms with Crippen molar-refractivity contribution in [3.63, 3.8) is 0 Å². The monoisotopic (exact) mass is 395 g/mol. The van der Waals surface area contributed by atoms with Crippen LogP contribution in [-0.4, -0.2) is 42.1 Å². The van der Waals surface area contributed by atoms with Crippen LogP contribution in [-0.2, 0) is 9.59 Å². The molecule has 0 aromatic carbocycles. The summed E-state index contributed by atoms with van der Waals surface area (Å²) < 4.78 is 0. The van der Waals surface area contributed by atoms with Gasteiger partial charge in [0.15, 0.2) is 0 Å². The second-order valence-corrected chi connectivity index (χ2v) is 8.47. The summed E-state index contributed by atoms with van der Waals surface area (Å²) >= 11 is 0. The van der Waals surface area contributed by atoms with Crippen LogP contribution < -0.4 is 16.0 Å². The van der Waals surface area contributed by atoms with Crippen molar-refractivity contribution in [2.24, 2.45) is 5.41 Å². The molecule has 0 radical (unpaired) electrons. The average molecular weight is 396 g/mol. The number of unbranched alkanes of at least 4 members (excludes halogenated alkanes) is 2. The van der Waals surface area contributed by atoms with Crippen LogP contribution in [0.2, 0.25) is 0 Å². The molecule has 2 fully saturated rings. The van der Waals surface area contributed by atoms with Gasteiger partial charge in [0, 0.05) is 25.6 Å². The van der Waals surface area contributed by atoms with Gasteiger partial charge >= 0.3 is 12.0 Å². The molecular weight excluding hydrogens is 358 g/mol. The third-order valence-electron chi connectivity index (χ3n) is 6.19. The first kappa shape index (κ1) is 22.5. The van der Waals surface area contributed by atoms with Crippen LogP contribution in [0.4, 0.5) is 4.79 Å². The predicted molar refractivity (Wildman–Crippen MR) is 108 cm³/mol. The molecule has 7 heteroatoms. The summed E-state index contributed by atoms with van der Waals surface area (Å²) in [4.78, 5) is 35.5. The van der Waals surface area contributed by atoms with Crippen LogP contribution in [0.1, 0.15) is 89.9 Å². The SMILES string of the molecule is O=C(CCCCCNC(=O)NC1CCCCC1)NCC1(C(=O)O)CCCCC1. The van der Waals surface area contributed by atoms with Gasteiger partial charge in [-0.15, -0.1) is 0 Å². The highest BCUT2D eigenvalue weighted by Crippen LogP contribution is 2.36. The van der Waals surface area contributed by atoms with Crippen LogP contribution >= 0.6 is 0 Å². The highest BCUT2D eigenvalue weighted by molar-refractivity contribution is 5.79. The molecule has 0 spiro atoms. The number of carbonyl (C=O) groups is 3. The smallest absolute Gasteiger partial charge is 0.315 e. The molecule has 0 atom stereocenters. The Labute approximate surface area is 168 Å². The fraction of sp³-hybridized carbons (Fsp3) is 0.857. The molecule has 0 saturated heterocycles. The number of hydrogen-bond donors (Lipinski definition) is 4. The van der Waals surface area contributed by atoms with Crippen LogP contribution in [0.25, 0.3) is 0 Å². The van der Waals surface area contributed by atoms with E-state index in [1.165, 1.54) is 19.3 Å². The molecule has 0 aliphatic heterocycles. The molecule has 28 heavy (non-hydrogen) atoms. The molecule has 2 aliphatic rings. The number of hydrogen-bond acceptors (Lipinski definition) is 3. The number of carbonyl (C=O) groups excluding carboxylic acids is 2. The topological polar surface area (TPSA) is 108 Å². The lowest BCUT2D eigenvalue weighted by molar-refractivity contribution is -0.151. The van der Waals surface area contributed by atoms with Crippen LogP contribution in [0.3, 0.4) is 0 Å². The van der Waals surface area contributed by atoms with Gasteiger partial charge in [-0.2, -0.15) is 0 Å². The third kappa shape index (κ3) is 7.68. The zero-order valence-electron chi connectivity index (χ0n) is 17.1. The zero-order valence-corrected chi connectivity index (χ0v) is 17.1. The van der Waals surface area contributed by atoms with E-state index >= 15 is 0 Å². The number of carboxylic acid groups (broad SMARTS) is 1. The minimum atomic E-state index is -0.787. The average Bonchev–Trinajstić information content (AvgIpc) is 2.70. The Bertz CT molecular complexity index is 512. The normalized spacial score (nSPS) is 19.6. The predicted octanol–water partition coefficient (Wildman–Crippen LogP) is 3.33. The van der Waals surface area contributed by atoms with Gasteiger partial charge in [-0.25, -0.2) is 4.79 Å². The van der Waals surface area contributed by atoms with Gasteiger partial charge in [-0.3, -0.25) is 9.59 Å². The maximum absolute atomic E-state index is 12.0. The summed E-state index contributed by atoms with van der Waals surface area (Å²) in [5.74, 6) is -0.862. The number of amides is 3. The van der Waals surface area contributed by atoms with Gasteiger partial charge in [0.25, 0.3) is 0 Å². The van der Waals surface area contributed by atoms with E-state index in [2.05, 4.69) is 16.0 Å². The number of carboxylic acids is 1. The van der Waals surface area contributed by atoms with Crippen molar-refractivity contribution < 1.29 is 19.5 Å². The Balaban J connectivity index is 1.50. The first-order valence-corrected chi connectivity index (χ1v) is 11.1. The summed E-state index contributed by atoms with van der Waals surface area (Å²) in [7, 11) is 0. The second-order valence-electron chi connectivity index (χ2n) is 8.47. The minimum absolute atomic E-state index is 0.0748. The van der Waals surface area contributed by atoms with Gasteiger partial charge in [-0.05, 0) is 38.5 Å². The number of urea groups is 1. The summed E-state index contributed by atoms with van der Waals surface area (Å²) in [6, 6.07) is 0.229. The lowest BCUT2D eigenvalue weighted by Gasteiger charge is -2.33. The molecule has 7 nitrogen and oxygen atoms in total. The van der Waals surface area contributed by atoms with Crippen LogP contribution in [0, 0.1) is 5.41 Å². The van der Waals surface area contributed by atoms with E-state index in [1.807, 2.05) is 0 Å². The van der Waals surface area contributed by atoms with E-state index in [0.717, 1.165) is 51.4 Å². The molecule has 2 saturated carbocycles. The molecule has 3 amide bonds. The molecule has 160 valence electrons.